The lowest BCUT2D eigenvalue weighted by Crippen LogP contribution is -2.25. The minimum absolute atomic E-state index is 0.000164. The number of aryl methyl sites for hydroxylation is 2. The molecule has 5 nitrogen and oxygen atoms in total. The van der Waals surface area contributed by atoms with E-state index in [2.05, 4.69) is 15.4 Å². The summed E-state index contributed by atoms with van der Waals surface area (Å²) in [4.78, 5) is 2.18. The minimum Gasteiger partial charge on any atom is -0.330 e. The molecule has 0 aliphatic rings. The minimum atomic E-state index is -5.08. The van der Waals surface area contributed by atoms with Gasteiger partial charge in [0.15, 0.2) is 0 Å². The summed E-state index contributed by atoms with van der Waals surface area (Å²) >= 11 is 0. The third-order valence-electron chi connectivity index (χ3n) is 6.49. The van der Waals surface area contributed by atoms with Crippen LogP contribution in [-0.4, -0.2) is 20.2 Å². The van der Waals surface area contributed by atoms with E-state index in [1.165, 1.54) is 18.0 Å². The van der Waals surface area contributed by atoms with Gasteiger partial charge in [0.1, 0.15) is 0 Å². The van der Waals surface area contributed by atoms with E-state index < -0.39 is 53.9 Å². The average molecular weight is 587 g/mol. The van der Waals surface area contributed by atoms with Crippen molar-refractivity contribution < 1.29 is 39.5 Å². The second kappa shape index (κ2) is 10.7. The zero-order valence-corrected chi connectivity index (χ0v) is 21.7. The Bertz CT molecular complexity index is 1520. The Kier molecular flexibility index (Phi) is 7.80. The summed E-state index contributed by atoms with van der Waals surface area (Å²) in [5, 5.41) is 11.5. The Morgan fingerprint density at radius 2 is 1.32 bits per heavy atom. The van der Waals surface area contributed by atoms with Gasteiger partial charge in [-0.25, -0.2) is 0 Å². The number of anilines is 1. The summed E-state index contributed by atoms with van der Waals surface area (Å²) in [6, 6.07) is 9.46. The van der Waals surface area contributed by atoms with Gasteiger partial charge in [-0.2, -0.15) is 44.3 Å². The Labute approximate surface area is 228 Å². The summed E-state index contributed by atoms with van der Waals surface area (Å²) in [6.07, 6.45) is -14.9. The van der Waals surface area contributed by atoms with Crippen molar-refractivity contribution in [3.05, 3.63) is 93.5 Å². The number of rotatable bonds is 6. The fourth-order valence-corrected chi connectivity index (χ4v) is 4.34. The first-order chi connectivity index (χ1) is 18.9. The highest BCUT2D eigenvalue weighted by molar-refractivity contribution is 5.72. The number of alkyl halides is 9. The maximum Gasteiger partial charge on any atom is 0.416 e. The van der Waals surface area contributed by atoms with Crippen molar-refractivity contribution in [1.82, 2.24) is 20.2 Å². The third-order valence-corrected chi connectivity index (χ3v) is 6.49. The average Bonchev–Trinajstić information content (AvgIpc) is 3.30. The van der Waals surface area contributed by atoms with Crippen molar-refractivity contribution in [3.63, 3.8) is 0 Å². The van der Waals surface area contributed by atoms with Gasteiger partial charge in [-0.05, 0) is 82.8 Å². The molecule has 4 aromatic rings. The van der Waals surface area contributed by atoms with Gasteiger partial charge in [-0.3, -0.25) is 0 Å². The van der Waals surface area contributed by atoms with Crippen LogP contribution in [0.4, 0.5) is 45.5 Å². The number of hydrogen-bond donors (Lipinski definition) is 0. The number of aromatic nitrogens is 4. The Morgan fingerprint density at radius 3 is 1.85 bits per heavy atom. The SMILES string of the molecule is Cc1cccc(-c2ccc(C(F)(F)F)cc2CN(Cc2cc(C(F)(F)F)cc(C(F)(F)F)c2)c2nnn(C)n2)c1C. The van der Waals surface area contributed by atoms with Crippen molar-refractivity contribution in [3.8, 4) is 11.1 Å². The molecular formula is C27H22F9N5. The van der Waals surface area contributed by atoms with Crippen LogP contribution >= 0.6 is 0 Å². The first-order valence-electron chi connectivity index (χ1n) is 12.0. The second-order valence-electron chi connectivity index (χ2n) is 9.47. The van der Waals surface area contributed by atoms with Crippen LogP contribution in [0.5, 0.6) is 0 Å². The largest absolute Gasteiger partial charge is 0.416 e. The standard InChI is InChI=1S/C27H22F9N5/c1-15-5-4-6-22(16(15)2)23-8-7-19(25(28,29)30)11-18(23)14-41(24-37-39-40(3)38-24)13-17-9-20(26(31,32)33)12-21(10-17)27(34,35)36/h4-12H,13-14H2,1-3H3. The predicted molar refractivity (Wildman–Crippen MR) is 131 cm³/mol. The van der Waals surface area contributed by atoms with E-state index in [0.29, 0.717) is 23.3 Å². The van der Waals surface area contributed by atoms with Crippen LogP contribution in [0.25, 0.3) is 11.1 Å². The molecule has 218 valence electrons. The Morgan fingerprint density at radius 1 is 0.707 bits per heavy atom. The highest BCUT2D eigenvalue weighted by Crippen LogP contribution is 2.38. The number of benzene rings is 3. The van der Waals surface area contributed by atoms with Gasteiger partial charge < -0.3 is 4.90 Å². The zero-order valence-electron chi connectivity index (χ0n) is 21.7. The fraction of sp³-hybridized carbons (Fsp3) is 0.296. The Balaban J connectivity index is 1.87. The highest BCUT2D eigenvalue weighted by atomic mass is 19.4. The molecule has 0 fully saturated rings. The fourth-order valence-electron chi connectivity index (χ4n) is 4.34. The molecule has 0 aliphatic heterocycles. The monoisotopic (exact) mass is 587 g/mol. The van der Waals surface area contributed by atoms with Gasteiger partial charge in [-0.15, -0.1) is 5.10 Å². The van der Waals surface area contributed by atoms with E-state index in [1.54, 1.807) is 19.1 Å². The predicted octanol–water partition coefficient (Wildman–Crippen LogP) is 7.76. The quantitative estimate of drug-likeness (QED) is 0.217. The van der Waals surface area contributed by atoms with Crippen molar-refractivity contribution in [2.75, 3.05) is 4.90 Å². The van der Waals surface area contributed by atoms with Gasteiger partial charge in [-0.1, -0.05) is 29.4 Å². The molecule has 3 aromatic carbocycles. The molecular weight excluding hydrogens is 565 g/mol. The summed E-state index contributed by atoms with van der Waals surface area (Å²) in [7, 11) is 1.38. The molecule has 4 rings (SSSR count). The van der Waals surface area contributed by atoms with Gasteiger partial charge in [0.2, 0.25) is 0 Å². The van der Waals surface area contributed by atoms with Crippen LogP contribution < -0.4 is 4.90 Å². The van der Waals surface area contributed by atoms with Crippen molar-refractivity contribution >= 4 is 5.95 Å². The maximum absolute atomic E-state index is 13.7. The van der Waals surface area contributed by atoms with Gasteiger partial charge >= 0.3 is 18.5 Å². The first-order valence-corrected chi connectivity index (χ1v) is 12.0. The molecule has 1 aromatic heterocycles. The second-order valence-corrected chi connectivity index (χ2v) is 9.47. The lowest BCUT2D eigenvalue weighted by Gasteiger charge is -2.25. The first kappa shape index (κ1) is 29.9. The van der Waals surface area contributed by atoms with E-state index in [9.17, 15) is 39.5 Å². The number of hydrogen-bond acceptors (Lipinski definition) is 4. The van der Waals surface area contributed by atoms with Crippen LogP contribution in [0.15, 0.2) is 54.6 Å². The topological polar surface area (TPSA) is 46.8 Å². The molecule has 14 heteroatoms. The van der Waals surface area contributed by atoms with E-state index in [1.807, 2.05) is 13.0 Å². The van der Waals surface area contributed by atoms with Crippen LogP contribution in [0.1, 0.15) is 38.9 Å². The van der Waals surface area contributed by atoms with Crippen molar-refractivity contribution in [2.24, 2.45) is 7.05 Å². The molecule has 0 spiro atoms. The lowest BCUT2D eigenvalue weighted by molar-refractivity contribution is -0.143. The van der Waals surface area contributed by atoms with Crippen LogP contribution in [-0.2, 0) is 38.7 Å². The zero-order chi connectivity index (χ0) is 30.3. The van der Waals surface area contributed by atoms with Crippen LogP contribution in [0.2, 0.25) is 0 Å². The molecule has 0 atom stereocenters. The summed E-state index contributed by atoms with van der Waals surface area (Å²) in [5.74, 6) is -0.206. The smallest absolute Gasteiger partial charge is 0.330 e. The molecule has 0 N–H and O–H groups in total. The van der Waals surface area contributed by atoms with E-state index in [-0.39, 0.29) is 17.6 Å². The Hall–Kier alpha value is -4.10. The van der Waals surface area contributed by atoms with Crippen LogP contribution in [0.3, 0.4) is 0 Å². The molecule has 0 amide bonds. The molecule has 41 heavy (non-hydrogen) atoms. The molecule has 0 bridgehead atoms. The molecule has 0 aliphatic carbocycles. The molecule has 0 radical (unpaired) electrons. The summed E-state index contributed by atoms with van der Waals surface area (Å²) < 4.78 is 122. The van der Waals surface area contributed by atoms with E-state index >= 15 is 0 Å². The summed E-state index contributed by atoms with van der Waals surface area (Å²) in [5.41, 5.74) is -1.67. The number of nitrogens with zero attached hydrogens (tertiary/aromatic N) is 5. The van der Waals surface area contributed by atoms with Gasteiger partial charge in [0.05, 0.1) is 23.7 Å². The normalized spacial score (nSPS) is 12.6. The van der Waals surface area contributed by atoms with E-state index in [4.69, 9.17) is 0 Å². The maximum atomic E-state index is 13.7. The van der Waals surface area contributed by atoms with Crippen molar-refractivity contribution in [2.45, 2.75) is 45.5 Å². The van der Waals surface area contributed by atoms with Gasteiger partial charge in [0.25, 0.3) is 5.95 Å². The van der Waals surface area contributed by atoms with Crippen molar-refractivity contribution in [1.29, 1.82) is 0 Å². The van der Waals surface area contributed by atoms with E-state index in [0.717, 1.165) is 28.1 Å². The summed E-state index contributed by atoms with van der Waals surface area (Å²) in [6.45, 7) is 2.62. The highest BCUT2D eigenvalue weighted by Gasteiger charge is 2.37. The number of halogens is 9. The molecule has 1 heterocycles. The number of tetrazole rings is 1. The molecule has 0 unspecified atom stereocenters. The van der Waals surface area contributed by atoms with Gasteiger partial charge in [0, 0.05) is 13.1 Å². The lowest BCUT2D eigenvalue weighted by atomic mass is 9.92. The molecule has 0 saturated carbocycles. The van der Waals surface area contributed by atoms with Crippen LogP contribution in [0, 0.1) is 13.8 Å². The molecule has 0 saturated heterocycles. The third kappa shape index (κ3) is 6.80.